The van der Waals surface area contributed by atoms with Gasteiger partial charge < -0.3 is 22.3 Å². The molecule has 0 spiro atoms. The zero-order chi connectivity index (χ0) is 11.8. The summed E-state index contributed by atoms with van der Waals surface area (Å²) in [5.41, 5.74) is -0.795. The van der Waals surface area contributed by atoms with Gasteiger partial charge in [-0.25, -0.2) is 4.98 Å². The molecule has 2 rings (SSSR count). The summed E-state index contributed by atoms with van der Waals surface area (Å²) in [5, 5.41) is -0.166. The largest absolute Gasteiger partial charge is 0.527 e. The number of halogens is 4. The quantitative estimate of drug-likeness (QED) is 0.756. The Labute approximate surface area is 95.6 Å². The van der Waals surface area contributed by atoms with E-state index in [4.69, 9.17) is 16.3 Å². The Hall–Kier alpha value is -0.685. The second-order valence-electron chi connectivity index (χ2n) is 3.72. The predicted octanol–water partition coefficient (Wildman–Crippen LogP) is 2.29. The van der Waals surface area contributed by atoms with Gasteiger partial charge in [0.15, 0.2) is 0 Å². The average Bonchev–Trinajstić information content (AvgIpc) is 2.61. The summed E-state index contributed by atoms with van der Waals surface area (Å²) in [4.78, 5) is 3.50. The highest BCUT2D eigenvalue weighted by Crippen LogP contribution is 2.26. The van der Waals surface area contributed by atoms with Crippen LogP contribution < -0.4 is 5.59 Å². The van der Waals surface area contributed by atoms with Crippen LogP contribution in [0.1, 0.15) is 25.5 Å². The van der Waals surface area contributed by atoms with E-state index in [-0.39, 0.29) is 5.28 Å². The maximum atomic E-state index is 12.7. The van der Waals surface area contributed by atoms with Gasteiger partial charge in [0.05, 0.1) is 0 Å². The van der Waals surface area contributed by atoms with Crippen LogP contribution >= 0.6 is 11.6 Å². The monoisotopic (exact) mass is 253 g/mol. The molecule has 16 heavy (non-hydrogen) atoms. The second kappa shape index (κ2) is 4.29. The Morgan fingerprint density at radius 3 is 2.75 bits per heavy atom. The van der Waals surface area contributed by atoms with Crippen molar-refractivity contribution in [3.8, 4) is 0 Å². The van der Waals surface area contributed by atoms with Crippen LogP contribution in [-0.2, 0) is 4.74 Å². The number of nitrogens with zero attached hydrogens (tertiary/aromatic N) is 2. The molecule has 3 nitrogen and oxygen atoms in total. The molecule has 1 saturated heterocycles. The fourth-order valence-corrected chi connectivity index (χ4v) is 2.06. The van der Waals surface area contributed by atoms with Gasteiger partial charge in [-0.2, -0.15) is 0 Å². The molecule has 0 N–H and O–H groups in total. The van der Waals surface area contributed by atoms with Crippen molar-refractivity contribution in [1.82, 2.24) is 9.55 Å². The van der Waals surface area contributed by atoms with Crippen LogP contribution in [0, 0.1) is 0 Å². The van der Waals surface area contributed by atoms with E-state index in [1.165, 1.54) is 0 Å². The molecule has 1 aliphatic heterocycles. The number of rotatable bonds is 2. The van der Waals surface area contributed by atoms with Crippen LogP contribution in [0.2, 0.25) is 5.28 Å². The van der Waals surface area contributed by atoms with Crippen LogP contribution in [-0.4, -0.2) is 23.1 Å². The molecule has 90 valence electrons. The molecule has 1 aromatic rings. The van der Waals surface area contributed by atoms with Gasteiger partial charge in [0.1, 0.15) is 6.23 Å². The summed E-state index contributed by atoms with van der Waals surface area (Å²) >= 11 is 5.67. The smallest absolute Gasteiger partial charge is 0.444 e. The fourth-order valence-electron chi connectivity index (χ4n) is 1.81. The van der Waals surface area contributed by atoms with E-state index in [9.17, 15) is 12.9 Å². The number of imidazole rings is 1. The van der Waals surface area contributed by atoms with Crippen LogP contribution in [0.15, 0.2) is 6.20 Å². The van der Waals surface area contributed by atoms with Crippen molar-refractivity contribution >= 4 is 24.2 Å². The van der Waals surface area contributed by atoms with Crippen LogP contribution in [0.4, 0.5) is 12.9 Å². The molecule has 0 radical (unpaired) electrons. The molecule has 1 atom stereocenters. The summed E-state index contributed by atoms with van der Waals surface area (Å²) in [5.74, 6) is 0. The number of ether oxygens (including phenoxy) is 1. The van der Waals surface area contributed by atoms with Crippen molar-refractivity contribution in [2.75, 3.05) is 6.61 Å². The van der Waals surface area contributed by atoms with E-state index in [1.807, 2.05) is 0 Å². The topological polar surface area (TPSA) is 27.1 Å². The maximum Gasteiger partial charge on any atom is 0.527 e. The molecule has 1 unspecified atom stereocenters. The molecular weight excluding hydrogens is 243 g/mol. The Bertz CT molecular complexity index is 376. The molecule has 0 amide bonds. The first-order valence-electron chi connectivity index (χ1n) is 5.04. The lowest BCUT2D eigenvalue weighted by molar-refractivity contribution is -0.0305. The molecule has 2 heterocycles. The van der Waals surface area contributed by atoms with Gasteiger partial charge in [-0.3, -0.25) is 0 Å². The van der Waals surface area contributed by atoms with Gasteiger partial charge in [-0.05, 0) is 36.5 Å². The second-order valence-corrected chi connectivity index (χ2v) is 4.06. The van der Waals surface area contributed by atoms with Crippen molar-refractivity contribution in [1.29, 1.82) is 0 Å². The number of hydrogen-bond acceptors (Lipinski definition) is 2. The van der Waals surface area contributed by atoms with Crippen molar-refractivity contribution in [2.45, 2.75) is 25.5 Å². The van der Waals surface area contributed by atoms with Crippen molar-refractivity contribution < 1.29 is 17.7 Å². The molecule has 0 bridgehead atoms. The molecule has 0 saturated carbocycles. The van der Waals surface area contributed by atoms with E-state index in [2.05, 4.69) is 4.98 Å². The average molecular weight is 253 g/mol. The lowest BCUT2D eigenvalue weighted by atomic mass is 9.86. The van der Waals surface area contributed by atoms with E-state index < -0.39 is 18.8 Å². The summed E-state index contributed by atoms with van der Waals surface area (Å²) in [7, 11) is 0. The van der Waals surface area contributed by atoms with E-state index in [0.717, 1.165) is 23.6 Å². The Morgan fingerprint density at radius 1 is 1.44 bits per heavy atom. The Balaban J connectivity index is 2.34. The van der Waals surface area contributed by atoms with Gasteiger partial charge in [0.25, 0.3) is 0 Å². The van der Waals surface area contributed by atoms with E-state index in [1.54, 1.807) is 0 Å². The zero-order valence-electron chi connectivity index (χ0n) is 8.38. The first-order chi connectivity index (χ1) is 7.50. The molecule has 1 aromatic heterocycles. The standard InChI is InChI=1S/C8H10BClF3N2O/c10-8-14-5-6(9(11,12)13)15(8)7-3-1-2-4-16-7/h5,7H,1-4H2/q-1. The Kier molecular flexibility index (Phi) is 3.16. The highest BCUT2D eigenvalue weighted by Gasteiger charge is 2.33. The highest BCUT2D eigenvalue weighted by atomic mass is 35.5. The maximum absolute atomic E-state index is 12.7. The number of aromatic nitrogens is 2. The van der Waals surface area contributed by atoms with Crippen molar-refractivity contribution in [3.63, 3.8) is 0 Å². The highest BCUT2D eigenvalue weighted by molar-refractivity contribution is 6.73. The molecule has 1 aliphatic rings. The molecular formula is C8H10BClF3N2O-. The summed E-state index contributed by atoms with van der Waals surface area (Å²) in [6.07, 6.45) is 2.37. The predicted molar refractivity (Wildman–Crippen MR) is 54.8 cm³/mol. The Morgan fingerprint density at radius 2 is 2.19 bits per heavy atom. The minimum atomic E-state index is -5.11. The van der Waals surface area contributed by atoms with Crippen molar-refractivity contribution in [3.05, 3.63) is 11.5 Å². The summed E-state index contributed by atoms with van der Waals surface area (Å²) in [6, 6.07) is 0. The molecule has 1 fully saturated rings. The minimum absolute atomic E-state index is 0.166. The third-order valence-electron chi connectivity index (χ3n) is 2.56. The molecule has 0 aromatic carbocycles. The van der Waals surface area contributed by atoms with Gasteiger partial charge in [0, 0.05) is 12.8 Å². The lowest BCUT2D eigenvalue weighted by Crippen LogP contribution is -2.42. The first-order valence-corrected chi connectivity index (χ1v) is 5.42. The molecule has 8 heteroatoms. The third kappa shape index (κ3) is 2.20. The van der Waals surface area contributed by atoms with Crippen LogP contribution in [0.3, 0.4) is 0 Å². The zero-order valence-corrected chi connectivity index (χ0v) is 9.13. The third-order valence-corrected chi connectivity index (χ3v) is 2.84. The van der Waals surface area contributed by atoms with E-state index in [0.29, 0.717) is 13.0 Å². The van der Waals surface area contributed by atoms with Gasteiger partial charge in [0.2, 0.25) is 5.28 Å². The fraction of sp³-hybridized carbons (Fsp3) is 0.625. The SMILES string of the molecule is F[B-](F)(F)c1cnc(Cl)n1C1CCCCO1. The van der Waals surface area contributed by atoms with Gasteiger partial charge in [-0.1, -0.05) is 0 Å². The van der Waals surface area contributed by atoms with Gasteiger partial charge >= 0.3 is 6.98 Å². The van der Waals surface area contributed by atoms with Crippen molar-refractivity contribution in [2.24, 2.45) is 0 Å². The van der Waals surface area contributed by atoms with Crippen LogP contribution in [0.5, 0.6) is 0 Å². The normalized spacial score (nSPS) is 22.4. The van der Waals surface area contributed by atoms with E-state index >= 15 is 0 Å². The van der Waals surface area contributed by atoms with Crippen LogP contribution in [0.25, 0.3) is 0 Å². The summed E-state index contributed by atoms with van der Waals surface area (Å²) < 4.78 is 44.3. The summed E-state index contributed by atoms with van der Waals surface area (Å²) in [6.45, 7) is -4.65. The number of hydrogen-bond donors (Lipinski definition) is 0. The molecule has 0 aliphatic carbocycles. The van der Waals surface area contributed by atoms with Gasteiger partial charge in [-0.15, -0.1) is 0 Å². The minimum Gasteiger partial charge on any atom is -0.444 e. The lowest BCUT2D eigenvalue weighted by Gasteiger charge is -2.28. The first kappa shape index (κ1) is 11.8.